The molecule has 2 unspecified atom stereocenters. The van der Waals surface area contributed by atoms with Gasteiger partial charge in [-0.15, -0.1) is 11.3 Å². The van der Waals surface area contributed by atoms with Crippen molar-refractivity contribution < 1.29 is 0 Å². The molecule has 78 valence electrons. The van der Waals surface area contributed by atoms with Gasteiger partial charge in [-0.3, -0.25) is 0 Å². The van der Waals surface area contributed by atoms with Gasteiger partial charge in [-0.05, 0) is 54.5 Å². The molecule has 1 aromatic rings. The van der Waals surface area contributed by atoms with Gasteiger partial charge in [0.1, 0.15) is 0 Å². The van der Waals surface area contributed by atoms with E-state index in [9.17, 15) is 0 Å². The Morgan fingerprint density at radius 2 is 2.50 bits per heavy atom. The van der Waals surface area contributed by atoms with Crippen LogP contribution in [0.3, 0.4) is 0 Å². The molecule has 1 aromatic heterocycles. The SMILES string of the molecule is CNC(c1ccc(Br)s1)C1CCCN1. The lowest BCUT2D eigenvalue weighted by Crippen LogP contribution is -2.35. The predicted octanol–water partition coefficient (Wildman–Crippen LogP) is 2.52. The maximum atomic E-state index is 3.54. The van der Waals surface area contributed by atoms with Crippen LogP contribution in [0, 0.1) is 0 Å². The molecule has 1 fully saturated rings. The normalized spacial score (nSPS) is 24.0. The zero-order valence-corrected chi connectivity index (χ0v) is 10.6. The van der Waals surface area contributed by atoms with E-state index in [0.29, 0.717) is 12.1 Å². The van der Waals surface area contributed by atoms with E-state index in [1.165, 1.54) is 21.5 Å². The van der Waals surface area contributed by atoms with E-state index in [2.05, 4.69) is 38.7 Å². The Kier molecular flexibility index (Phi) is 3.60. The second-order valence-corrected chi connectivity index (χ2v) is 6.11. The van der Waals surface area contributed by atoms with Gasteiger partial charge in [0.05, 0.1) is 9.83 Å². The predicted molar refractivity (Wildman–Crippen MR) is 64.8 cm³/mol. The first-order valence-electron chi connectivity index (χ1n) is 4.97. The van der Waals surface area contributed by atoms with Crippen molar-refractivity contribution in [3.8, 4) is 0 Å². The molecule has 1 saturated heterocycles. The third-order valence-electron chi connectivity index (χ3n) is 2.71. The van der Waals surface area contributed by atoms with E-state index in [-0.39, 0.29) is 0 Å². The first-order valence-corrected chi connectivity index (χ1v) is 6.58. The third-order valence-corrected chi connectivity index (χ3v) is 4.42. The van der Waals surface area contributed by atoms with Gasteiger partial charge in [0.15, 0.2) is 0 Å². The van der Waals surface area contributed by atoms with Crippen LogP contribution in [0.2, 0.25) is 0 Å². The first-order chi connectivity index (χ1) is 6.81. The number of halogens is 1. The molecule has 1 aliphatic heterocycles. The molecule has 2 nitrogen and oxygen atoms in total. The van der Waals surface area contributed by atoms with Crippen LogP contribution in [0.15, 0.2) is 15.9 Å². The summed E-state index contributed by atoms with van der Waals surface area (Å²) in [5.74, 6) is 0. The monoisotopic (exact) mass is 274 g/mol. The summed E-state index contributed by atoms with van der Waals surface area (Å²) in [6, 6.07) is 5.40. The second kappa shape index (κ2) is 4.75. The molecule has 4 heteroatoms. The molecular formula is C10H15BrN2S. The zero-order chi connectivity index (χ0) is 9.97. The third kappa shape index (κ3) is 2.19. The Balaban J connectivity index is 2.12. The number of thiophene rings is 1. The smallest absolute Gasteiger partial charge is 0.0702 e. The first kappa shape index (κ1) is 10.6. The van der Waals surface area contributed by atoms with Crippen LogP contribution < -0.4 is 10.6 Å². The van der Waals surface area contributed by atoms with Crippen LogP contribution in [0.4, 0.5) is 0 Å². The molecule has 0 aromatic carbocycles. The van der Waals surface area contributed by atoms with Crippen LogP contribution in [0.1, 0.15) is 23.8 Å². The largest absolute Gasteiger partial charge is 0.312 e. The van der Waals surface area contributed by atoms with Crippen LogP contribution in [0.25, 0.3) is 0 Å². The molecule has 0 bridgehead atoms. The van der Waals surface area contributed by atoms with Crippen LogP contribution >= 0.6 is 27.3 Å². The van der Waals surface area contributed by atoms with Gasteiger partial charge < -0.3 is 10.6 Å². The molecule has 0 aliphatic carbocycles. The standard InChI is InChI=1S/C10H15BrN2S/c1-12-10(7-3-2-6-13-7)8-4-5-9(11)14-8/h4-5,7,10,12-13H,2-3,6H2,1H3. The quantitative estimate of drug-likeness (QED) is 0.885. The highest BCUT2D eigenvalue weighted by atomic mass is 79.9. The highest BCUT2D eigenvalue weighted by Crippen LogP contribution is 2.31. The summed E-state index contributed by atoms with van der Waals surface area (Å²) in [4.78, 5) is 1.42. The number of hydrogen-bond acceptors (Lipinski definition) is 3. The molecule has 14 heavy (non-hydrogen) atoms. The minimum absolute atomic E-state index is 0.466. The highest BCUT2D eigenvalue weighted by Gasteiger charge is 2.25. The average Bonchev–Trinajstić information content (AvgIpc) is 2.79. The maximum Gasteiger partial charge on any atom is 0.0702 e. The molecule has 2 atom stereocenters. The lowest BCUT2D eigenvalue weighted by atomic mass is 10.1. The lowest BCUT2D eigenvalue weighted by Gasteiger charge is -2.21. The number of likely N-dealkylation sites (N-methyl/N-ethyl adjacent to an activating group) is 1. The molecule has 2 N–H and O–H groups in total. The molecule has 0 spiro atoms. The molecule has 0 saturated carbocycles. The van der Waals surface area contributed by atoms with Crippen molar-refractivity contribution in [3.05, 3.63) is 20.8 Å². The van der Waals surface area contributed by atoms with Crippen LogP contribution in [0.5, 0.6) is 0 Å². The summed E-state index contributed by atoms with van der Waals surface area (Å²) in [6.45, 7) is 1.16. The van der Waals surface area contributed by atoms with Gasteiger partial charge in [-0.1, -0.05) is 0 Å². The van der Waals surface area contributed by atoms with Crippen molar-refractivity contribution in [2.45, 2.75) is 24.9 Å². The maximum absolute atomic E-state index is 3.54. The van der Waals surface area contributed by atoms with Gasteiger partial charge in [0.25, 0.3) is 0 Å². The Morgan fingerprint density at radius 1 is 1.64 bits per heavy atom. The topological polar surface area (TPSA) is 24.1 Å². The fourth-order valence-corrected chi connectivity index (χ4v) is 3.63. The minimum Gasteiger partial charge on any atom is -0.312 e. The van der Waals surface area contributed by atoms with Crippen molar-refractivity contribution in [2.75, 3.05) is 13.6 Å². The Bertz CT molecular complexity index is 294. The Morgan fingerprint density at radius 3 is 3.00 bits per heavy atom. The Hall–Kier alpha value is 0.1000. The van der Waals surface area contributed by atoms with E-state index in [0.717, 1.165) is 6.54 Å². The fraction of sp³-hybridized carbons (Fsp3) is 0.600. The zero-order valence-electron chi connectivity index (χ0n) is 8.22. The van der Waals surface area contributed by atoms with E-state index < -0.39 is 0 Å². The van der Waals surface area contributed by atoms with Gasteiger partial charge >= 0.3 is 0 Å². The number of hydrogen-bond donors (Lipinski definition) is 2. The minimum atomic E-state index is 0.466. The van der Waals surface area contributed by atoms with Crippen molar-refractivity contribution in [1.82, 2.24) is 10.6 Å². The van der Waals surface area contributed by atoms with Gasteiger partial charge in [-0.2, -0.15) is 0 Å². The van der Waals surface area contributed by atoms with E-state index in [4.69, 9.17) is 0 Å². The molecule has 2 heterocycles. The van der Waals surface area contributed by atoms with Gasteiger partial charge in [0, 0.05) is 10.9 Å². The molecule has 0 radical (unpaired) electrons. The van der Waals surface area contributed by atoms with Crippen molar-refractivity contribution in [1.29, 1.82) is 0 Å². The summed E-state index contributed by atoms with van der Waals surface area (Å²) in [6.07, 6.45) is 2.58. The summed E-state index contributed by atoms with van der Waals surface area (Å²) in [5.41, 5.74) is 0. The lowest BCUT2D eigenvalue weighted by molar-refractivity contribution is 0.446. The highest BCUT2D eigenvalue weighted by molar-refractivity contribution is 9.11. The summed E-state index contributed by atoms with van der Waals surface area (Å²) in [5, 5.41) is 6.94. The van der Waals surface area contributed by atoms with Gasteiger partial charge in [-0.25, -0.2) is 0 Å². The summed E-state index contributed by atoms with van der Waals surface area (Å²) >= 11 is 5.33. The Labute approximate surface area is 97.2 Å². The molecule has 2 rings (SSSR count). The molecule has 0 amide bonds. The van der Waals surface area contributed by atoms with Crippen molar-refractivity contribution in [2.24, 2.45) is 0 Å². The molecular weight excluding hydrogens is 260 g/mol. The van der Waals surface area contributed by atoms with Crippen LogP contribution in [-0.4, -0.2) is 19.6 Å². The van der Waals surface area contributed by atoms with E-state index in [1.807, 2.05) is 18.4 Å². The molecule has 1 aliphatic rings. The second-order valence-electron chi connectivity index (χ2n) is 3.61. The number of nitrogens with one attached hydrogen (secondary N) is 2. The van der Waals surface area contributed by atoms with Gasteiger partial charge in [0.2, 0.25) is 0 Å². The van der Waals surface area contributed by atoms with E-state index in [1.54, 1.807) is 0 Å². The average molecular weight is 275 g/mol. The van der Waals surface area contributed by atoms with Crippen molar-refractivity contribution >= 4 is 27.3 Å². The summed E-state index contributed by atoms with van der Waals surface area (Å²) in [7, 11) is 2.04. The van der Waals surface area contributed by atoms with E-state index >= 15 is 0 Å². The number of rotatable bonds is 3. The van der Waals surface area contributed by atoms with Crippen LogP contribution in [-0.2, 0) is 0 Å². The van der Waals surface area contributed by atoms with Crippen molar-refractivity contribution in [3.63, 3.8) is 0 Å². The fourth-order valence-electron chi connectivity index (χ4n) is 2.03. The summed E-state index contributed by atoms with van der Waals surface area (Å²) < 4.78 is 1.21.